The van der Waals surface area contributed by atoms with Crippen LogP contribution in [-0.4, -0.2) is 15.5 Å². The number of carbonyl (C=O) groups excluding carboxylic acids is 1. The number of hydrogen-bond acceptors (Lipinski definition) is 2. The summed E-state index contributed by atoms with van der Waals surface area (Å²) in [6.45, 7) is 2.02. The lowest BCUT2D eigenvalue weighted by Gasteiger charge is -2.06. The van der Waals surface area contributed by atoms with Gasteiger partial charge in [-0.2, -0.15) is 0 Å². The van der Waals surface area contributed by atoms with E-state index in [2.05, 4.69) is 10.3 Å². The lowest BCUT2D eigenvalue weighted by molar-refractivity contribution is 0.101. The molecular weight excluding hydrogens is 250 g/mol. The van der Waals surface area contributed by atoms with Crippen LogP contribution in [0.3, 0.4) is 0 Å². The zero-order chi connectivity index (χ0) is 14.1. The number of anilines is 1. The molecule has 2 aromatic heterocycles. The predicted molar refractivity (Wildman–Crippen MR) is 79.8 cm³/mol. The molecule has 1 N–H and O–H groups in total. The SMILES string of the molecule is Cc1ccc(NC(=O)c2cc3cccnc3n2C)cc1. The summed E-state index contributed by atoms with van der Waals surface area (Å²) in [5.41, 5.74) is 3.36. The van der Waals surface area contributed by atoms with Gasteiger partial charge in [0.25, 0.3) is 5.91 Å². The third-order valence-corrected chi connectivity index (χ3v) is 3.33. The van der Waals surface area contributed by atoms with Crippen LogP contribution in [0.5, 0.6) is 0 Å². The van der Waals surface area contributed by atoms with Crippen molar-refractivity contribution < 1.29 is 4.79 Å². The number of rotatable bonds is 2. The van der Waals surface area contributed by atoms with Crippen LogP contribution in [0.4, 0.5) is 5.69 Å². The zero-order valence-corrected chi connectivity index (χ0v) is 11.4. The number of amides is 1. The van der Waals surface area contributed by atoms with E-state index in [4.69, 9.17) is 0 Å². The van der Waals surface area contributed by atoms with E-state index in [1.165, 1.54) is 0 Å². The summed E-state index contributed by atoms with van der Waals surface area (Å²) in [6.07, 6.45) is 1.73. The Labute approximate surface area is 117 Å². The van der Waals surface area contributed by atoms with E-state index in [-0.39, 0.29) is 5.91 Å². The van der Waals surface area contributed by atoms with Gasteiger partial charge in [0, 0.05) is 24.3 Å². The molecule has 0 bridgehead atoms. The fourth-order valence-electron chi connectivity index (χ4n) is 2.21. The predicted octanol–water partition coefficient (Wildman–Crippen LogP) is 3.13. The Balaban J connectivity index is 1.92. The third kappa shape index (κ3) is 2.16. The summed E-state index contributed by atoms with van der Waals surface area (Å²) < 4.78 is 1.80. The van der Waals surface area contributed by atoms with Crippen molar-refractivity contribution >= 4 is 22.6 Å². The third-order valence-electron chi connectivity index (χ3n) is 3.33. The highest BCUT2D eigenvalue weighted by molar-refractivity contribution is 6.05. The Morgan fingerprint density at radius 1 is 1.20 bits per heavy atom. The highest BCUT2D eigenvalue weighted by atomic mass is 16.1. The number of fused-ring (bicyclic) bond motifs is 1. The molecule has 4 heteroatoms. The Hall–Kier alpha value is -2.62. The smallest absolute Gasteiger partial charge is 0.272 e. The number of nitrogens with one attached hydrogen (secondary N) is 1. The highest BCUT2D eigenvalue weighted by Gasteiger charge is 2.13. The Morgan fingerprint density at radius 3 is 2.65 bits per heavy atom. The van der Waals surface area contributed by atoms with Gasteiger partial charge >= 0.3 is 0 Å². The maximum absolute atomic E-state index is 12.3. The fraction of sp³-hybridized carbons (Fsp3) is 0.125. The van der Waals surface area contributed by atoms with Crippen LogP contribution in [0, 0.1) is 6.92 Å². The van der Waals surface area contributed by atoms with Gasteiger partial charge in [-0.3, -0.25) is 4.79 Å². The average molecular weight is 265 g/mol. The lowest BCUT2D eigenvalue weighted by atomic mass is 10.2. The van der Waals surface area contributed by atoms with Gasteiger partial charge in [0.05, 0.1) is 0 Å². The molecule has 0 aliphatic carbocycles. The minimum absolute atomic E-state index is 0.130. The van der Waals surface area contributed by atoms with Crippen molar-refractivity contribution in [3.63, 3.8) is 0 Å². The van der Waals surface area contributed by atoms with E-state index in [0.717, 1.165) is 22.3 Å². The molecule has 0 saturated heterocycles. The normalized spacial score (nSPS) is 10.7. The number of hydrogen-bond donors (Lipinski definition) is 1. The molecule has 0 radical (unpaired) electrons. The van der Waals surface area contributed by atoms with E-state index in [9.17, 15) is 4.79 Å². The van der Waals surface area contributed by atoms with E-state index >= 15 is 0 Å². The van der Waals surface area contributed by atoms with Gasteiger partial charge in [-0.05, 0) is 37.3 Å². The van der Waals surface area contributed by atoms with Crippen molar-refractivity contribution in [3.8, 4) is 0 Å². The first kappa shape index (κ1) is 12.4. The molecule has 3 aromatic rings. The maximum atomic E-state index is 12.3. The Kier molecular flexibility index (Phi) is 2.99. The maximum Gasteiger partial charge on any atom is 0.272 e. The number of carbonyl (C=O) groups is 1. The van der Waals surface area contributed by atoms with Crippen LogP contribution < -0.4 is 5.32 Å². The molecular formula is C16H15N3O. The minimum Gasteiger partial charge on any atom is -0.324 e. The van der Waals surface area contributed by atoms with Gasteiger partial charge in [-0.1, -0.05) is 17.7 Å². The summed E-state index contributed by atoms with van der Waals surface area (Å²) in [5.74, 6) is -0.130. The standard InChI is InChI=1S/C16H15N3O/c1-11-5-7-13(8-6-11)18-16(20)14-10-12-4-3-9-17-15(12)19(14)2/h3-10H,1-2H3,(H,18,20). The van der Waals surface area contributed by atoms with Crippen molar-refractivity contribution in [2.45, 2.75) is 6.92 Å². The van der Waals surface area contributed by atoms with Crippen LogP contribution in [0.15, 0.2) is 48.7 Å². The molecule has 1 aromatic carbocycles. The van der Waals surface area contributed by atoms with Gasteiger partial charge < -0.3 is 9.88 Å². The molecule has 0 spiro atoms. The van der Waals surface area contributed by atoms with Crippen LogP contribution in [0.25, 0.3) is 11.0 Å². The first-order valence-corrected chi connectivity index (χ1v) is 6.43. The van der Waals surface area contributed by atoms with Crippen molar-refractivity contribution in [1.82, 2.24) is 9.55 Å². The van der Waals surface area contributed by atoms with Crippen LogP contribution in [-0.2, 0) is 7.05 Å². The van der Waals surface area contributed by atoms with Crippen molar-refractivity contribution in [2.75, 3.05) is 5.32 Å². The zero-order valence-electron chi connectivity index (χ0n) is 11.4. The number of aromatic nitrogens is 2. The largest absolute Gasteiger partial charge is 0.324 e. The molecule has 0 aliphatic rings. The second-order valence-corrected chi connectivity index (χ2v) is 4.82. The van der Waals surface area contributed by atoms with E-state index in [0.29, 0.717) is 5.69 Å². The summed E-state index contributed by atoms with van der Waals surface area (Å²) in [5, 5.41) is 3.86. The molecule has 100 valence electrons. The molecule has 0 saturated carbocycles. The van der Waals surface area contributed by atoms with E-state index < -0.39 is 0 Å². The summed E-state index contributed by atoms with van der Waals surface area (Å²) in [7, 11) is 1.85. The minimum atomic E-state index is -0.130. The first-order chi connectivity index (χ1) is 9.65. The van der Waals surface area contributed by atoms with Gasteiger partial charge in [0.15, 0.2) is 0 Å². The van der Waals surface area contributed by atoms with Crippen LogP contribution in [0.1, 0.15) is 16.1 Å². The van der Waals surface area contributed by atoms with Crippen molar-refractivity contribution in [1.29, 1.82) is 0 Å². The van der Waals surface area contributed by atoms with E-state index in [1.54, 1.807) is 10.8 Å². The summed E-state index contributed by atoms with van der Waals surface area (Å²) in [4.78, 5) is 16.6. The molecule has 20 heavy (non-hydrogen) atoms. The molecule has 3 rings (SSSR count). The van der Waals surface area contributed by atoms with Crippen molar-refractivity contribution in [3.05, 3.63) is 59.9 Å². The van der Waals surface area contributed by atoms with Crippen molar-refractivity contribution in [2.24, 2.45) is 7.05 Å². The highest BCUT2D eigenvalue weighted by Crippen LogP contribution is 2.17. The van der Waals surface area contributed by atoms with Crippen LogP contribution >= 0.6 is 0 Å². The molecule has 4 nitrogen and oxygen atoms in total. The molecule has 1 amide bonds. The van der Waals surface area contributed by atoms with Gasteiger partial charge in [-0.15, -0.1) is 0 Å². The number of pyridine rings is 1. The lowest BCUT2D eigenvalue weighted by Crippen LogP contribution is -2.15. The number of nitrogens with zero attached hydrogens (tertiary/aromatic N) is 2. The molecule has 2 heterocycles. The topological polar surface area (TPSA) is 46.9 Å². The number of benzene rings is 1. The van der Waals surface area contributed by atoms with Gasteiger partial charge in [0.2, 0.25) is 0 Å². The molecule has 0 unspecified atom stereocenters. The molecule has 0 atom stereocenters. The second kappa shape index (κ2) is 4.81. The summed E-state index contributed by atoms with van der Waals surface area (Å²) >= 11 is 0. The monoisotopic (exact) mass is 265 g/mol. The molecule has 0 aliphatic heterocycles. The van der Waals surface area contributed by atoms with E-state index in [1.807, 2.05) is 56.4 Å². The van der Waals surface area contributed by atoms with Gasteiger partial charge in [-0.25, -0.2) is 4.98 Å². The summed E-state index contributed by atoms with van der Waals surface area (Å²) in [6, 6.07) is 13.4. The fourth-order valence-corrected chi connectivity index (χ4v) is 2.21. The van der Waals surface area contributed by atoms with Gasteiger partial charge in [0.1, 0.15) is 11.3 Å². The molecule has 0 fully saturated rings. The first-order valence-electron chi connectivity index (χ1n) is 6.43. The quantitative estimate of drug-likeness (QED) is 0.773. The van der Waals surface area contributed by atoms with Crippen LogP contribution in [0.2, 0.25) is 0 Å². The second-order valence-electron chi connectivity index (χ2n) is 4.82. The average Bonchev–Trinajstić information content (AvgIpc) is 2.79. The number of aryl methyl sites for hydroxylation is 2. The Morgan fingerprint density at radius 2 is 1.95 bits per heavy atom. The Bertz CT molecular complexity index is 772.